The second-order valence-corrected chi connectivity index (χ2v) is 4.30. The van der Waals surface area contributed by atoms with E-state index in [0.29, 0.717) is 6.61 Å². The molecule has 0 radical (unpaired) electrons. The summed E-state index contributed by atoms with van der Waals surface area (Å²) in [6.45, 7) is 1.16. The molecule has 0 aliphatic carbocycles. The molecular weight excluding hydrogens is 279 g/mol. The van der Waals surface area contributed by atoms with Gasteiger partial charge >= 0.3 is 0 Å². The van der Waals surface area contributed by atoms with Crippen LogP contribution in [0.15, 0.2) is 0 Å². The Morgan fingerprint density at radius 3 is 2.67 bits per heavy atom. The average molecular weight is 289 g/mol. The number of hydrogen-bond donors (Lipinski definition) is 0. The Kier molecular flexibility index (Phi) is 2.08. The highest BCUT2D eigenvalue weighted by Gasteiger charge is 2.59. The molecule has 2 rings (SSSR count). The highest BCUT2D eigenvalue weighted by molar-refractivity contribution is 14.1. The lowest BCUT2D eigenvalue weighted by Gasteiger charge is -2.46. The smallest absolute Gasteiger partial charge is 0.262 e. The largest absolute Gasteiger partial charge is 0.314 e. The van der Waals surface area contributed by atoms with Gasteiger partial charge in [0.25, 0.3) is 5.92 Å². The standard InChI is InChI=1S/C7H10F2INO/c8-7(9)3-6(5-12-10)1-2-11(6)4-7/h1-5H2/t6-/m1/s1. The zero-order valence-electron chi connectivity index (χ0n) is 6.52. The minimum Gasteiger partial charge on any atom is -0.314 e. The number of alkyl halides is 2. The van der Waals surface area contributed by atoms with E-state index in [9.17, 15) is 8.78 Å². The summed E-state index contributed by atoms with van der Waals surface area (Å²) >= 11 is 1.77. The predicted molar refractivity (Wildman–Crippen MR) is 48.5 cm³/mol. The third kappa shape index (κ3) is 1.26. The first-order valence-corrected chi connectivity index (χ1v) is 4.83. The van der Waals surface area contributed by atoms with Gasteiger partial charge in [0.05, 0.1) is 18.7 Å². The van der Waals surface area contributed by atoms with Crippen LogP contribution < -0.4 is 0 Å². The molecule has 0 unspecified atom stereocenters. The molecule has 0 aromatic rings. The lowest BCUT2D eigenvalue weighted by molar-refractivity contribution is 0.000186. The molecule has 0 amide bonds. The van der Waals surface area contributed by atoms with Crippen LogP contribution in [0.25, 0.3) is 0 Å². The van der Waals surface area contributed by atoms with Crippen LogP contribution in [0, 0.1) is 0 Å². The Hall–Kier alpha value is 0.510. The van der Waals surface area contributed by atoms with Gasteiger partial charge in [0.15, 0.2) is 0 Å². The van der Waals surface area contributed by atoms with E-state index in [0.717, 1.165) is 13.0 Å². The van der Waals surface area contributed by atoms with Crippen molar-refractivity contribution >= 4 is 23.0 Å². The quantitative estimate of drug-likeness (QED) is 0.719. The van der Waals surface area contributed by atoms with Crippen molar-refractivity contribution in [1.82, 2.24) is 4.90 Å². The number of fused-ring (bicyclic) bond motifs is 1. The first-order valence-electron chi connectivity index (χ1n) is 3.94. The van der Waals surface area contributed by atoms with Gasteiger partial charge < -0.3 is 3.07 Å². The van der Waals surface area contributed by atoms with Crippen molar-refractivity contribution in [3.8, 4) is 0 Å². The summed E-state index contributed by atoms with van der Waals surface area (Å²) in [7, 11) is 0. The molecule has 2 saturated heterocycles. The molecule has 0 spiro atoms. The van der Waals surface area contributed by atoms with Gasteiger partial charge in [0, 0.05) is 13.0 Å². The van der Waals surface area contributed by atoms with E-state index >= 15 is 0 Å². The van der Waals surface area contributed by atoms with E-state index < -0.39 is 5.92 Å². The molecule has 70 valence electrons. The molecular formula is C7H10F2INO. The maximum absolute atomic E-state index is 13.0. The topological polar surface area (TPSA) is 12.5 Å². The maximum Gasteiger partial charge on any atom is 0.262 e. The Bertz CT molecular complexity index is 202. The van der Waals surface area contributed by atoms with Gasteiger partial charge in [0.1, 0.15) is 23.0 Å². The highest BCUT2D eigenvalue weighted by atomic mass is 127. The summed E-state index contributed by atoms with van der Waals surface area (Å²) in [6, 6.07) is 0. The number of hydrogen-bond acceptors (Lipinski definition) is 2. The molecule has 1 atom stereocenters. The lowest BCUT2D eigenvalue weighted by Crippen LogP contribution is -2.57. The normalized spacial score (nSPS) is 39.2. The van der Waals surface area contributed by atoms with E-state index in [1.165, 1.54) is 0 Å². The molecule has 0 bridgehead atoms. The van der Waals surface area contributed by atoms with Crippen LogP contribution in [0.2, 0.25) is 0 Å². The van der Waals surface area contributed by atoms with E-state index in [-0.39, 0.29) is 18.5 Å². The summed E-state index contributed by atoms with van der Waals surface area (Å²) in [5.74, 6) is -2.49. The first-order chi connectivity index (χ1) is 5.58. The van der Waals surface area contributed by atoms with Gasteiger partial charge in [-0.2, -0.15) is 0 Å². The summed E-state index contributed by atoms with van der Waals surface area (Å²) < 4.78 is 30.8. The Morgan fingerprint density at radius 1 is 1.50 bits per heavy atom. The van der Waals surface area contributed by atoms with Crippen molar-refractivity contribution in [2.75, 3.05) is 19.7 Å². The highest BCUT2D eigenvalue weighted by Crippen LogP contribution is 2.47. The monoisotopic (exact) mass is 289 g/mol. The van der Waals surface area contributed by atoms with Crippen molar-refractivity contribution in [2.45, 2.75) is 24.3 Å². The minimum atomic E-state index is -2.49. The van der Waals surface area contributed by atoms with Gasteiger partial charge in [-0.3, -0.25) is 4.90 Å². The van der Waals surface area contributed by atoms with Gasteiger partial charge in [0.2, 0.25) is 0 Å². The summed E-state index contributed by atoms with van der Waals surface area (Å²) in [6.07, 6.45) is 0.828. The summed E-state index contributed by atoms with van der Waals surface area (Å²) in [4.78, 5) is 1.84. The van der Waals surface area contributed by atoms with Gasteiger partial charge in [-0.1, -0.05) is 0 Å². The first kappa shape index (κ1) is 9.08. The molecule has 2 fully saturated rings. The van der Waals surface area contributed by atoms with E-state index in [2.05, 4.69) is 0 Å². The van der Waals surface area contributed by atoms with Crippen LogP contribution in [0.4, 0.5) is 8.78 Å². The molecule has 2 aliphatic heterocycles. The second-order valence-electron chi connectivity index (χ2n) is 3.68. The molecule has 0 aromatic carbocycles. The molecule has 2 heterocycles. The minimum absolute atomic E-state index is 0.0248. The fraction of sp³-hybridized carbons (Fsp3) is 1.00. The predicted octanol–water partition coefficient (Wildman–Crippen LogP) is 1.84. The summed E-state index contributed by atoms with van der Waals surface area (Å²) in [5, 5.41) is 0. The third-order valence-corrected chi connectivity index (χ3v) is 3.16. The summed E-state index contributed by atoms with van der Waals surface area (Å²) in [5.41, 5.74) is -0.329. The fourth-order valence-electron chi connectivity index (χ4n) is 2.17. The number of halogens is 3. The third-order valence-electron chi connectivity index (χ3n) is 2.85. The Balaban J connectivity index is 2.08. The SMILES string of the molecule is FC1(F)CN2CC[C@]2(COI)C1. The van der Waals surface area contributed by atoms with Gasteiger partial charge in [-0.25, -0.2) is 8.78 Å². The average Bonchev–Trinajstić information content (AvgIpc) is 2.12. The van der Waals surface area contributed by atoms with Crippen LogP contribution in [-0.4, -0.2) is 36.1 Å². The van der Waals surface area contributed by atoms with Crippen LogP contribution in [0.5, 0.6) is 0 Å². The van der Waals surface area contributed by atoms with Crippen molar-refractivity contribution in [2.24, 2.45) is 0 Å². The Labute approximate surface area is 83.9 Å². The maximum atomic E-state index is 13.0. The zero-order valence-corrected chi connectivity index (χ0v) is 8.68. The van der Waals surface area contributed by atoms with Crippen molar-refractivity contribution in [3.63, 3.8) is 0 Å². The molecule has 0 N–H and O–H groups in total. The zero-order chi connectivity index (χ0) is 8.82. The molecule has 12 heavy (non-hydrogen) atoms. The fourth-order valence-corrected chi connectivity index (χ4v) is 2.75. The van der Waals surface area contributed by atoms with Gasteiger partial charge in [-0.05, 0) is 6.42 Å². The van der Waals surface area contributed by atoms with Crippen molar-refractivity contribution in [1.29, 1.82) is 0 Å². The van der Waals surface area contributed by atoms with Crippen LogP contribution in [0.1, 0.15) is 12.8 Å². The van der Waals surface area contributed by atoms with E-state index in [4.69, 9.17) is 3.07 Å². The molecule has 2 aliphatic rings. The molecule has 0 saturated carbocycles. The lowest BCUT2D eigenvalue weighted by atomic mass is 9.85. The molecule has 0 aromatic heterocycles. The van der Waals surface area contributed by atoms with Crippen LogP contribution in [0.3, 0.4) is 0 Å². The van der Waals surface area contributed by atoms with Crippen molar-refractivity contribution < 1.29 is 11.8 Å². The second kappa shape index (κ2) is 2.75. The number of rotatable bonds is 2. The van der Waals surface area contributed by atoms with Crippen LogP contribution >= 0.6 is 23.0 Å². The molecule has 2 nitrogen and oxygen atoms in total. The van der Waals surface area contributed by atoms with E-state index in [1.54, 1.807) is 23.0 Å². The Morgan fingerprint density at radius 2 is 2.25 bits per heavy atom. The van der Waals surface area contributed by atoms with Crippen molar-refractivity contribution in [3.05, 3.63) is 0 Å². The number of nitrogens with zero attached hydrogens (tertiary/aromatic N) is 1. The van der Waals surface area contributed by atoms with Crippen LogP contribution in [-0.2, 0) is 3.07 Å². The van der Waals surface area contributed by atoms with Gasteiger partial charge in [-0.15, -0.1) is 0 Å². The molecule has 5 heteroatoms. The van der Waals surface area contributed by atoms with E-state index in [1.807, 2.05) is 4.90 Å².